The van der Waals surface area contributed by atoms with E-state index in [1.807, 2.05) is 24.3 Å². The minimum atomic E-state index is -0.532. The number of H-pyrrole nitrogens is 1. The molecule has 0 aliphatic carbocycles. The second-order valence-corrected chi connectivity index (χ2v) is 7.29. The molecule has 1 unspecified atom stereocenters. The summed E-state index contributed by atoms with van der Waals surface area (Å²) in [7, 11) is 0. The number of halogens is 1. The van der Waals surface area contributed by atoms with Crippen molar-refractivity contribution >= 4 is 23.4 Å². The van der Waals surface area contributed by atoms with Crippen molar-refractivity contribution in [3.05, 3.63) is 82.9 Å². The molecule has 3 aromatic rings. The van der Waals surface area contributed by atoms with E-state index in [1.54, 1.807) is 13.0 Å². The molecule has 1 atom stereocenters. The lowest BCUT2D eigenvalue weighted by molar-refractivity contribution is -0.342. The van der Waals surface area contributed by atoms with Gasteiger partial charge in [-0.25, -0.2) is 9.78 Å². The van der Waals surface area contributed by atoms with E-state index in [1.165, 1.54) is 22.3 Å². The highest BCUT2D eigenvalue weighted by atomic mass is 35.5. The number of nitrogen functional groups attached to an aromatic ring is 1. The van der Waals surface area contributed by atoms with Crippen LogP contribution in [0.2, 0.25) is 0 Å². The molecule has 0 spiro atoms. The fraction of sp³-hybridized carbons (Fsp3) is 0.250. The number of aromatic amines is 1. The van der Waals surface area contributed by atoms with Gasteiger partial charge >= 0.3 is 6.09 Å². The molecule has 6 nitrogen and oxygen atoms in total. The highest BCUT2D eigenvalue weighted by molar-refractivity contribution is 5.87. The Hall–Kier alpha value is -3.25. The van der Waals surface area contributed by atoms with Gasteiger partial charge in [-0.15, -0.1) is 0 Å². The molecule has 164 valence electrons. The molecule has 0 radical (unpaired) electrons. The van der Waals surface area contributed by atoms with Gasteiger partial charge in [0, 0.05) is 12.5 Å². The Bertz CT molecular complexity index is 1010. The summed E-state index contributed by atoms with van der Waals surface area (Å²) in [5, 5.41) is 6.20. The average Bonchev–Trinajstić information content (AvgIpc) is 2.71. The maximum absolute atomic E-state index is 11.7. The number of aryl methyl sites for hydroxylation is 2. The third-order valence-electron chi connectivity index (χ3n) is 4.90. The van der Waals surface area contributed by atoms with Gasteiger partial charge in [-0.3, -0.25) is 10.6 Å². The van der Waals surface area contributed by atoms with Crippen molar-refractivity contribution in [1.82, 2.24) is 0 Å². The van der Waals surface area contributed by atoms with Crippen LogP contribution in [0, 0.1) is 13.8 Å². The van der Waals surface area contributed by atoms with Crippen molar-refractivity contribution in [1.29, 1.82) is 0 Å². The number of hydrogen-bond donors (Lipinski definition) is 3. The molecule has 2 aromatic carbocycles. The normalized spacial score (nSPS) is 11.2. The summed E-state index contributed by atoms with van der Waals surface area (Å²) in [6.45, 7) is 6.28. The number of rotatable bonds is 7. The van der Waals surface area contributed by atoms with Gasteiger partial charge in [-0.1, -0.05) is 54.1 Å². The van der Waals surface area contributed by atoms with Crippen LogP contribution in [0.5, 0.6) is 0 Å². The topological polar surface area (TPSA) is 90.5 Å². The van der Waals surface area contributed by atoms with E-state index >= 15 is 0 Å². The summed E-state index contributed by atoms with van der Waals surface area (Å²) in [6.07, 6.45) is 0.289. The zero-order valence-electron chi connectivity index (χ0n) is 18.0. The third-order valence-corrected chi connectivity index (χ3v) is 4.90. The maximum Gasteiger partial charge on any atom is 0.411 e. The molecular weight excluding hydrogens is 412 g/mol. The SMILES string of the molecule is CCOC(=O)Nc1ccc(NC(Cc2ccccc2)c2ccc(C)cc2C)[nH+]c1N.[Cl-]. The number of ether oxygens (including phenoxy) is 1. The van der Waals surface area contributed by atoms with E-state index in [9.17, 15) is 4.79 Å². The average molecular weight is 441 g/mol. The predicted octanol–water partition coefficient (Wildman–Crippen LogP) is 1.67. The van der Waals surface area contributed by atoms with Gasteiger partial charge in [0.1, 0.15) is 11.7 Å². The molecule has 7 heteroatoms. The van der Waals surface area contributed by atoms with Crippen LogP contribution in [0.1, 0.15) is 35.2 Å². The first-order valence-electron chi connectivity index (χ1n) is 10.1. The molecule has 5 N–H and O–H groups in total. The number of amides is 1. The molecule has 31 heavy (non-hydrogen) atoms. The fourth-order valence-corrected chi connectivity index (χ4v) is 3.47. The largest absolute Gasteiger partial charge is 1.00 e. The minimum absolute atomic E-state index is 0. The van der Waals surface area contributed by atoms with E-state index in [0.717, 1.165) is 12.2 Å². The number of hydrogen-bond acceptors (Lipinski definition) is 4. The van der Waals surface area contributed by atoms with Crippen LogP contribution < -0.4 is 33.8 Å². The molecule has 1 aromatic heterocycles. The van der Waals surface area contributed by atoms with Crippen LogP contribution in [0.25, 0.3) is 0 Å². The first-order chi connectivity index (χ1) is 14.5. The van der Waals surface area contributed by atoms with E-state index in [2.05, 4.69) is 59.8 Å². The van der Waals surface area contributed by atoms with Gasteiger partial charge in [0.15, 0.2) is 0 Å². The van der Waals surface area contributed by atoms with Gasteiger partial charge in [0.05, 0.1) is 6.61 Å². The van der Waals surface area contributed by atoms with Crippen LogP contribution in [0.4, 0.5) is 22.1 Å². The van der Waals surface area contributed by atoms with Crippen LogP contribution >= 0.6 is 0 Å². The van der Waals surface area contributed by atoms with Crippen molar-refractivity contribution in [3.8, 4) is 0 Å². The Morgan fingerprint density at radius 3 is 2.48 bits per heavy atom. The smallest absolute Gasteiger partial charge is 0.411 e. The minimum Gasteiger partial charge on any atom is -1.00 e. The van der Waals surface area contributed by atoms with Gasteiger partial charge in [0.2, 0.25) is 11.6 Å². The number of anilines is 3. The zero-order valence-corrected chi connectivity index (χ0v) is 18.8. The highest BCUT2D eigenvalue weighted by Gasteiger charge is 2.19. The van der Waals surface area contributed by atoms with E-state index in [0.29, 0.717) is 18.1 Å². The van der Waals surface area contributed by atoms with Gasteiger partial charge in [0.25, 0.3) is 0 Å². The quantitative estimate of drug-likeness (QED) is 0.521. The fourth-order valence-electron chi connectivity index (χ4n) is 3.47. The summed E-state index contributed by atoms with van der Waals surface area (Å²) >= 11 is 0. The van der Waals surface area contributed by atoms with Gasteiger partial charge in [-0.05, 0) is 43.5 Å². The Morgan fingerprint density at radius 1 is 1.10 bits per heavy atom. The first-order valence-corrected chi connectivity index (χ1v) is 10.1. The molecule has 1 heterocycles. The second kappa shape index (κ2) is 11.2. The van der Waals surface area contributed by atoms with Crippen LogP contribution in [-0.4, -0.2) is 12.7 Å². The number of nitrogens with two attached hydrogens (primary N) is 1. The predicted molar refractivity (Wildman–Crippen MR) is 120 cm³/mol. The highest BCUT2D eigenvalue weighted by Crippen LogP contribution is 2.26. The number of carbonyl (C=O) groups is 1. The summed E-state index contributed by atoms with van der Waals surface area (Å²) in [6, 6.07) is 20.5. The Balaban J connectivity index is 0.00000341. The summed E-state index contributed by atoms with van der Waals surface area (Å²) in [4.78, 5) is 14.8. The number of nitrogens with one attached hydrogen (secondary N) is 3. The number of aromatic nitrogens is 1. The molecule has 0 bridgehead atoms. The lowest BCUT2D eigenvalue weighted by Gasteiger charge is -2.20. The Morgan fingerprint density at radius 2 is 1.84 bits per heavy atom. The lowest BCUT2D eigenvalue weighted by atomic mass is 9.94. The standard InChI is InChI=1S/C24H28N4O2.ClH/c1-4-30-24(29)27-20-12-13-22(28-23(20)25)26-21(15-18-8-6-5-7-9-18)19-11-10-16(2)14-17(19)3;/h5-14,21H,4,15H2,1-3H3,(H,27,29)(H3,25,26,28);1H. The molecule has 0 fully saturated rings. The van der Waals surface area contributed by atoms with Gasteiger partial charge in [-0.2, -0.15) is 0 Å². The number of benzene rings is 2. The van der Waals surface area contributed by atoms with E-state index in [-0.39, 0.29) is 18.4 Å². The third kappa shape index (κ3) is 6.62. The molecule has 0 saturated heterocycles. The zero-order chi connectivity index (χ0) is 21.5. The monoisotopic (exact) mass is 440 g/mol. The van der Waals surface area contributed by atoms with Crippen molar-refractivity contribution in [2.75, 3.05) is 23.0 Å². The van der Waals surface area contributed by atoms with Gasteiger partial charge < -0.3 is 22.9 Å². The van der Waals surface area contributed by atoms with Crippen LogP contribution in [-0.2, 0) is 11.2 Å². The van der Waals surface area contributed by atoms with Crippen molar-refractivity contribution in [3.63, 3.8) is 0 Å². The Labute approximate surface area is 189 Å². The second-order valence-electron chi connectivity index (χ2n) is 7.29. The molecule has 0 saturated carbocycles. The Kier molecular flexibility index (Phi) is 8.70. The van der Waals surface area contributed by atoms with Crippen molar-refractivity contribution in [2.45, 2.75) is 33.2 Å². The molecule has 0 aliphatic rings. The van der Waals surface area contributed by atoms with E-state index < -0.39 is 6.09 Å². The molecular formula is C24H29ClN4O2. The summed E-state index contributed by atoms with van der Waals surface area (Å²) in [5.74, 6) is 1.12. The maximum atomic E-state index is 11.7. The molecule has 3 rings (SSSR count). The molecule has 1 amide bonds. The summed E-state index contributed by atoms with van der Waals surface area (Å²) in [5.41, 5.74) is 11.5. The first kappa shape index (κ1) is 24.0. The number of carbonyl (C=O) groups excluding carboxylic acids is 1. The van der Waals surface area contributed by atoms with Crippen molar-refractivity contribution in [2.24, 2.45) is 0 Å². The lowest BCUT2D eigenvalue weighted by Crippen LogP contribution is -3.00. The molecule has 0 aliphatic heterocycles. The van der Waals surface area contributed by atoms with Crippen molar-refractivity contribution < 1.29 is 26.9 Å². The van der Waals surface area contributed by atoms with E-state index in [4.69, 9.17) is 10.5 Å². The van der Waals surface area contributed by atoms with Crippen LogP contribution in [0.15, 0.2) is 60.7 Å². The number of pyridine rings is 1. The summed E-state index contributed by atoms with van der Waals surface area (Å²) < 4.78 is 4.91. The van der Waals surface area contributed by atoms with Crippen LogP contribution in [0.3, 0.4) is 0 Å².